The van der Waals surface area contributed by atoms with Gasteiger partial charge in [-0.05, 0) is 12.5 Å². The third kappa shape index (κ3) is 3.25. The molecule has 112 valence electrons. The summed E-state index contributed by atoms with van der Waals surface area (Å²) in [4.78, 5) is 4.28. The van der Waals surface area contributed by atoms with Crippen LogP contribution in [0.4, 0.5) is 0 Å². The van der Waals surface area contributed by atoms with Crippen LogP contribution >= 0.6 is 13.5 Å². The molecule has 0 unspecified atom stereocenters. The van der Waals surface area contributed by atoms with E-state index in [1.54, 1.807) is 10.7 Å². The minimum absolute atomic E-state index is 0. The molecule has 3 rings (SSSR count). The van der Waals surface area contributed by atoms with Crippen molar-refractivity contribution in [2.75, 3.05) is 0 Å². The molecule has 0 aliphatic rings. The van der Waals surface area contributed by atoms with Crippen LogP contribution in [-0.2, 0) is 0 Å². The van der Waals surface area contributed by atoms with Gasteiger partial charge in [0.15, 0.2) is 5.65 Å². The molecule has 2 N–H and O–H groups in total. The number of hydrogen-bond donors (Lipinski definition) is 1. The minimum Gasteiger partial charge on any atom is -0.324 e. The van der Waals surface area contributed by atoms with Gasteiger partial charge in [-0.15, -0.1) is 0 Å². The number of benzene rings is 1. The van der Waals surface area contributed by atoms with Crippen LogP contribution in [0.2, 0.25) is 0 Å². The first-order valence-electron chi connectivity index (χ1n) is 6.45. The van der Waals surface area contributed by atoms with Gasteiger partial charge in [-0.3, -0.25) is 0 Å². The average Bonchev–Trinajstić information content (AvgIpc) is 2.93. The van der Waals surface area contributed by atoms with Gasteiger partial charge in [0.05, 0.1) is 5.69 Å². The Labute approximate surface area is 132 Å². The van der Waals surface area contributed by atoms with Crippen molar-refractivity contribution in [2.24, 2.45) is 5.73 Å². The van der Waals surface area contributed by atoms with Crippen LogP contribution in [0.15, 0.2) is 48.8 Å². The zero-order valence-electron chi connectivity index (χ0n) is 11.3. The van der Waals surface area contributed by atoms with E-state index in [0.717, 1.165) is 28.9 Å². The van der Waals surface area contributed by atoms with E-state index >= 15 is 0 Å². The SMILES string of the molecule is C.CC[C@@H](N)c1cc2nccn2nc1-c1ccccc1.S. The quantitative estimate of drug-likeness (QED) is 0.805. The largest absolute Gasteiger partial charge is 0.324 e. The second-order valence-electron chi connectivity index (χ2n) is 4.56. The Hall–Kier alpha value is -1.85. The van der Waals surface area contributed by atoms with Gasteiger partial charge in [0.25, 0.3) is 0 Å². The van der Waals surface area contributed by atoms with E-state index in [4.69, 9.17) is 5.73 Å². The van der Waals surface area contributed by atoms with Crippen molar-refractivity contribution in [3.8, 4) is 11.3 Å². The number of nitrogens with two attached hydrogens (primary N) is 1. The molecule has 0 aliphatic carbocycles. The van der Waals surface area contributed by atoms with E-state index in [2.05, 4.69) is 29.1 Å². The van der Waals surface area contributed by atoms with Crippen molar-refractivity contribution < 1.29 is 0 Å². The molecule has 2 heterocycles. The Bertz CT molecular complexity index is 694. The molecule has 5 heteroatoms. The highest BCUT2D eigenvalue weighted by atomic mass is 32.1. The van der Waals surface area contributed by atoms with Crippen LogP contribution in [0.1, 0.15) is 32.4 Å². The predicted molar refractivity (Wildman–Crippen MR) is 92.8 cm³/mol. The van der Waals surface area contributed by atoms with E-state index in [0.29, 0.717) is 0 Å². The van der Waals surface area contributed by atoms with Gasteiger partial charge in [-0.1, -0.05) is 44.7 Å². The Morgan fingerprint density at radius 1 is 1.24 bits per heavy atom. The Morgan fingerprint density at radius 2 is 1.95 bits per heavy atom. The highest BCUT2D eigenvalue weighted by Crippen LogP contribution is 2.27. The summed E-state index contributed by atoms with van der Waals surface area (Å²) >= 11 is 0. The van der Waals surface area contributed by atoms with Crippen LogP contribution < -0.4 is 5.73 Å². The summed E-state index contributed by atoms with van der Waals surface area (Å²) in [6, 6.07) is 12.1. The van der Waals surface area contributed by atoms with Crippen molar-refractivity contribution in [3.05, 3.63) is 54.4 Å². The lowest BCUT2D eigenvalue weighted by molar-refractivity contribution is 0.692. The van der Waals surface area contributed by atoms with E-state index in [1.165, 1.54) is 0 Å². The number of aromatic nitrogens is 3. The molecule has 21 heavy (non-hydrogen) atoms. The minimum atomic E-state index is -0.0237. The standard InChI is InChI=1S/C15H16N4.CH4.H2S/c1-2-13(16)12-10-14-17-8-9-19(14)18-15(12)11-6-4-3-5-7-11;;/h3-10,13H,2,16H2,1H3;1H4;1H2/t13-;;/m1../s1. The second kappa shape index (κ2) is 7.24. The van der Waals surface area contributed by atoms with Crippen molar-refractivity contribution in [2.45, 2.75) is 26.8 Å². The van der Waals surface area contributed by atoms with Crippen molar-refractivity contribution in [1.29, 1.82) is 0 Å². The van der Waals surface area contributed by atoms with Crippen molar-refractivity contribution in [1.82, 2.24) is 14.6 Å². The maximum atomic E-state index is 6.22. The summed E-state index contributed by atoms with van der Waals surface area (Å²) in [6.07, 6.45) is 4.47. The topological polar surface area (TPSA) is 56.2 Å². The maximum Gasteiger partial charge on any atom is 0.153 e. The third-order valence-corrected chi connectivity index (χ3v) is 3.30. The smallest absolute Gasteiger partial charge is 0.153 e. The molecular weight excluding hydrogens is 280 g/mol. The Kier molecular flexibility index (Phi) is 5.93. The lowest BCUT2D eigenvalue weighted by Crippen LogP contribution is -2.12. The normalized spacial score (nSPS) is 11.5. The number of nitrogens with zero attached hydrogens (tertiary/aromatic N) is 3. The molecule has 0 saturated heterocycles. The fourth-order valence-electron chi connectivity index (χ4n) is 2.19. The molecule has 0 spiro atoms. The molecular formula is C16H22N4S. The third-order valence-electron chi connectivity index (χ3n) is 3.30. The van der Waals surface area contributed by atoms with Gasteiger partial charge >= 0.3 is 0 Å². The summed E-state index contributed by atoms with van der Waals surface area (Å²) in [5.74, 6) is 0. The average molecular weight is 302 g/mol. The van der Waals surface area contributed by atoms with Crippen molar-refractivity contribution >= 4 is 19.1 Å². The van der Waals surface area contributed by atoms with E-state index in [9.17, 15) is 0 Å². The number of imidazole rings is 1. The summed E-state index contributed by atoms with van der Waals surface area (Å²) in [7, 11) is 0. The molecule has 0 bridgehead atoms. The first kappa shape index (κ1) is 17.2. The molecule has 0 fully saturated rings. The first-order valence-corrected chi connectivity index (χ1v) is 6.45. The van der Waals surface area contributed by atoms with Gasteiger partial charge in [-0.25, -0.2) is 9.50 Å². The van der Waals surface area contributed by atoms with Gasteiger partial charge < -0.3 is 5.73 Å². The lowest BCUT2D eigenvalue weighted by atomic mass is 9.99. The molecule has 2 aromatic heterocycles. The van der Waals surface area contributed by atoms with Gasteiger partial charge in [0.1, 0.15) is 0 Å². The second-order valence-corrected chi connectivity index (χ2v) is 4.56. The van der Waals surface area contributed by atoms with Crippen LogP contribution in [0.5, 0.6) is 0 Å². The van der Waals surface area contributed by atoms with Crippen LogP contribution in [0.25, 0.3) is 16.9 Å². The Balaban J connectivity index is 0.00000110. The number of fused-ring (bicyclic) bond motifs is 1. The van der Waals surface area contributed by atoms with Gasteiger partial charge in [-0.2, -0.15) is 18.6 Å². The fraction of sp³-hybridized carbons (Fsp3) is 0.250. The molecule has 0 radical (unpaired) electrons. The number of hydrogen-bond acceptors (Lipinski definition) is 3. The molecule has 1 aromatic carbocycles. The van der Waals surface area contributed by atoms with Crippen LogP contribution in [0, 0.1) is 0 Å². The number of rotatable bonds is 3. The first-order chi connectivity index (χ1) is 9.29. The van der Waals surface area contributed by atoms with E-state index in [-0.39, 0.29) is 27.0 Å². The predicted octanol–water partition coefficient (Wildman–Crippen LogP) is 3.56. The maximum absolute atomic E-state index is 6.22. The van der Waals surface area contributed by atoms with Crippen molar-refractivity contribution in [3.63, 3.8) is 0 Å². The molecule has 0 aliphatic heterocycles. The van der Waals surface area contributed by atoms with E-state index < -0.39 is 0 Å². The highest BCUT2D eigenvalue weighted by molar-refractivity contribution is 7.59. The highest BCUT2D eigenvalue weighted by Gasteiger charge is 2.14. The molecule has 1 atom stereocenters. The van der Waals surface area contributed by atoms with Crippen LogP contribution in [-0.4, -0.2) is 14.6 Å². The summed E-state index contributed by atoms with van der Waals surface area (Å²) in [6.45, 7) is 2.08. The lowest BCUT2D eigenvalue weighted by Gasteiger charge is -2.14. The molecule has 0 saturated carbocycles. The zero-order chi connectivity index (χ0) is 13.2. The Morgan fingerprint density at radius 3 is 2.62 bits per heavy atom. The summed E-state index contributed by atoms with van der Waals surface area (Å²) in [5, 5.41) is 4.65. The summed E-state index contributed by atoms with van der Waals surface area (Å²) < 4.78 is 1.79. The fourth-order valence-corrected chi connectivity index (χ4v) is 2.19. The van der Waals surface area contributed by atoms with E-state index in [1.807, 2.05) is 30.5 Å². The molecule has 3 aromatic rings. The molecule has 4 nitrogen and oxygen atoms in total. The van der Waals surface area contributed by atoms with Gasteiger partial charge in [0.2, 0.25) is 0 Å². The monoisotopic (exact) mass is 302 g/mol. The molecule has 0 amide bonds. The van der Waals surface area contributed by atoms with Gasteiger partial charge in [0, 0.05) is 29.6 Å². The van der Waals surface area contributed by atoms with Crippen LogP contribution in [0.3, 0.4) is 0 Å². The zero-order valence-corrected chi connectivity index (χ0v) is 12.3. The summed E-state index contributed by atoms with van der Waals surface area (Å²) in [5.41, 5.74) is 10.1.